The molecule has 34 heavy (non-hydrogen) atoms. The lowest BCUT2D eigenvalue weighted by Gasteiger charge is -2.27. The van der Waals surface area contributed by atoms with Crippen molar-refractivity contribution in [3.63, 3.8) is 0 Å². The molecule has 1 atom stereocenters. The second kappa shape index (κ2) is 9.79. The van der Waals surface area contributed by atoms with Gasteiger partial charge in [0.1, 0.15) is 24.7 Å². The average Bonchev–Trinajstić information content (AvgIpc) is 3.07. The number of carbonyl (C=O) groups excluding carboxylic acids is 2. The number of ketones is 1. The molecule has 2 aromatic rings. The van der Waals surface area contributed by atoms with Crippen molar-refractivity contribution in [2.24, 2.45) is 0 Å². The predicted molar refractivity (Wildman–Crippen MR) is 128 cm³/mol. The first-order valence-corrected chi connectivity index (χ1v) is 11.8. The first-order valence-electron chi connectivity index (χ1n) is 11.8. The molecule has 1 amide bonds. The van der Waals surface area contributed by atoms with Crippen molar-refractivity contribution < 1.29 is 28.9 Å². The minimum atomic E-state index is -0.714. The fourth-order valence-electron chi connectivity index (χ4n) is 4.35. The van der Waals surface area contributed by atoms with Gasteiger partial charge in [-0.1, -0.05) is 19.4 Å². The molecule has 0 spiro atoms. The second-order valence-electron chi connectivity index (χ2n) is 8.90. The molecule has 2 heterocycles. The Hall–Kier alpha value is -3.48. The summed E-state index contributed by atoms with van der Waals surface area (Å²) in [6, 6.07) is 9.94. The van der Waals surface area contributed by atoms with Crippen LogP contribution in [0, 0.1) is 6.92 Å². The van der Waals surface area contributed by atoms with Crippen molar-refractivity contribution in [1.29, 1.82) is 0 Å². The van der Waals surface area contributed by atoms with E-state index in [0.717, 1.165) is 18.4 Å². The molecular weight excluding hydrogens is 434 g/mol. The molecule has 1 fully saturated rings. The van der Waals surface area contributed by atoms with E-state index in [2.05, 4.69) is 0 Å². The number of rotatable bonds is 7. The molecule has 0 saturated carbocycles. The summed E-state index contributed by atoms with van der Waals surface area (Å²) in [5.74, 6) is 0.405. The SMILES string of the molecule is CCCCN1C(=O)C(=O)/C(=C(/O)c2ccc(OC(C)C)c(C)c2)C1c1ccc2c(c1)OCCO2. The Morgan fingerprint density at radius 3 is 2.53 bits per heavy atom. The van der Waals surface area contributed by atoms with Crippen LogP contribution >= 0.6 is 0 Å². The van der Waals surface area contributed by atoms with E-state index in [1.807, 2.05) is 33.8 Å². The standard InChI is InChI=1S/C27H31NO6/c1-5-6-11-28-24(18-7-10-21-22(15-18)33-13-12-32-21)23(26(30)27(28)31)25(29)19-8-9-20(17(4)14-19)34-16(2)3/h7-10,14-16,24,29H,5-6,11-13H2,1-4H3/b25-23+. The largest absolute Gasteiger partial charge is 0.507 e. The summed E-state index contributed by atoms with van der Waals surface area (Å²) in [7, 11) is 0. The average molecular weight is 466 g/mol. The molecule has 7 nitrogen and oxygen atoms in total. The molecule has 180 valence electrons. The summed E-state index contributed by atoms with van der Waals surface area (Å²) >= 11 is 0. The minimum absolute atomic E-state index is 0.0113. The van der Waals surface area contributed by atoms with Crippen LogP contribution in [0.25, 0.3) is 5.76 Å². The van der Waals surface area contributed by atoms with Gasteiger partial charge in [-0.25, -0.2) is 0 Å². The normalized spacial score (nSPS) is 19.1. The first-order chi connectivity index (χ1) is 16.3. The van der Waals surface area contributed by atoms with Gasteiger partial charge in [-0.3, -0.25) is 9.59 Å². The monoisotopic (exact) mass is 465 g/mol. The van der Waals surface area contributed by atoms with Crippen molar-refractivity contribution >= 4 is 17.4 Å². The van der Waals surface area contributed by atoms with E-state index in [0.29, 0.717) is 48.1 Å². The molecule has 4 rings (SSSR count). The van der Waals surface area contributed by atoms with Crippen LogP contribution in [-0.4, -0.2) is 47.6 Å². The molecule has 0 bridgehead atoms. The highest BCUT2D eigenvalue weighted by Crippen LogP contribution is 2.43. The molecule has 1 saturated heterocycles. The lowest BCUT2D eigenvalue weighted by molar-refractivity contribution is -0.139. The summed E-state index contributed by atoms with van der Waals surface area (Å²) in [6.07, 6.45) is 1.62. The van der Waals surface area contributed by atoms with E-state index in [1.54, 1.807) is 35.2 Å². The second-order valence-corrected chi connectivity index (χ2v) is 8.90. The van der Waals surface area contributed by atoms with Crippen LogP contribution in [0.2, 0.25) is 0 Å². The van der Waals surface area contributed by atoms with E-state index in [-0.39, 0.29) is 17.4 Å². The van der Waals surface area contributed by atoms with Crippen LogP contribution in [0.1, 0.15) is 56.3 Å². The Bertz CT molecular complexity index is 1140. The van der Waals surface area contributed by atoms with Gasteiger partial charge in [-0.05, 0) is 68.7 Å². The number of aryl methyl sites for hydroxylation is 1. The third-order valence-corrected chi connectivity index (χ3v) is 5.99. The fourth-order valence-corrected chi connectivity index (χ4v) is 4.35. The van der Waals surface area contributed by atoms with Crippen molar-refractivity contribution in [3.05, 3.63) is 58.7 Å². The minimum Gasteiger partial charge on any atom is -0.507 e. The predicted octanol–water partition coefficient (Wildman–Crippen LogP) is 4.78. The summed E-state index contributed by atoms with van der Waals surface area (Å²) in [5, 5.41) is 11.3. The van der Waals surface area contributed by atoms with Crippen LogP contribution < -0.4 is 14.2 Å². The quantitative estimate of drug-likeness (QED) is 0.360. The van der Waals surface area contributed by atoms with Gasteiger partial charge in [0.05, 0.1) is 17.7 Å². The third-order valence-electron chi connectivity index (χ3n) is 5.99. The lowest BCUT2D eigenvalue weighted by atomic mass is 9.94. The maximum atomic E-state index is 13.2. The summed E-state index contributed by atoms with van der Waals surface area (Å²) in [5.41, 5.74) is 2.06. The number of nitrogens with zero attached hydrogens (tertiary/aromatic N) is 1. The van der Waals surface area contributed by atoms with Crippen LogP contribution in [-0.2, 0) is 9.59 Å². The first kappa shape index (κ1) is 23.7. The summed E-state index contributed by atoms with van der Waals surface area (Å²) in [4.78, 5) is 27.7. The number of amides is 1. The molecule has 0 aromatic heterocycles. The highest BCUT2D eigenvalue weighted by Gasteiger charge is 2.46. The van der Waals surface area contributed by atoms with Crippen LogP contribution in [0.15, 0.2) is 42.0 Å². The topological polar surface area (TPSA) is 85.3 Å². The number of aliphatic hydroxyl groups excluding tert-OH is 1. The van der Waals surface area contributed by atoms with Gasteiger partial charge in [-0.2, -0.15) is 0 Å². The Morgan fingerprint density at radius 2 is 1.85 bits per heavy atom. The Balaban J connectivity index is 1.81. The third kappa shape index (κ3) is 4.47. The molecule has 2 aromatic carbocycles. The number of ether oxygens (including phenoxy) is 3. The van der Waals surface area contributed by atoms with Gasteiger partial charge in [0.2, 0.25) is 0 Å². The Morgan fingerprint density at radius 1 is 1.12 bits per heavy atom. The highest BCUT2D eigenvalue weighted by atomic mass is 16.6. The van der Waals surface area contributed by atoms with Gasteiger partial charge >= 0.3 is 0 Å². The smallest absolute Gasteiger partial charge is 0.295 e. The molecule has 0 radical (unpaired) electrons. The van der Waals surface area contributed by atoms with E-state index in [4.69, 9.17) is 14.2 Å². The zero-order chi connectivity index (χ0) is 24.4. The lowest BCUT2D eigenvalue weighted by Crippen LogP contribution is -2.30. The van der Waals surface area contributed by atoms with E-state index in [9.17, 15) is 14.7 Å². The van der Waals surface area contributed by atoms with E-state index in [1.165, 1.54) is 0 Å². The highest BCUT2D eigenvalue weighted by molar-refractivity contribution is 6.46. The van der Waals surface area contributed by atoms with Crippen molar-refractivity contribution in [1.82, 2.24) is 4.90 Å². The fraction of sp³-hybridized carbons (Fsp3) is 0.407. The molecule has 1 N–H and O–H groups in total. The number of carbonyl (C=O) groups is 2. The number of hydrogen-bond acceptors (Lipinski definition) is 6. The Kier molecular flexibility index (Phi) is 6.82. The zero-order valence-electron chi connectivity index (χ0n) is 20.1. The number of benzene rings is 2. The number of unbranched alkanes of at least 4 members (excludes halogenated alkanes) is 1. The van der Waals surface area contributed by atoms with Gasteiger partial charge in [0.15, 0.2) is 11.5 Å². The summed E-state index contributed by atoms with van der Waals surface area (Å²) in [6.45, 7) is 9.10. The molecular formula is C27H31NO6. The van der Waals surface area contributed by atoms with Crippen molar-refractivity contribution in [2.75, 3.05) is 19.8 Å². The number of Topliss-reactive ketones (excluding diaryl/α,β-unsaturated/α-hetero) is 1. The van der Waals surface area contributed by atoms with Gasteiger partial charge < -0.3 is 24.2 Å². The van der Waals surface area contributed by atoms with Crippen molar-refractivity contribution in [2.45, 2.75) is 52.7 Å². The van der Waals surface area contributed by atoms with Crippen molar-refractivity contribution in [3.8, 4) is 17.2 Å². The van der Waals surface area contributed by atoms with Gasteiger partial charge in [0.25, 0.3) is 11.7 Å². The van der Waals surface area contributed by atoms with Gasteiger partial charge in [0, 0.05) is 12.1 Å². The molecule has 2 aliphatic rings. The van der Waals surface area contributed by atoms with Crippen LogP contribution in [0.4, 0.5) is 0 Å². The maximum absolute atomic E-state index is 13.2. The Labute approximate surface area is 199 Å². The van der Waals surface area contributed by atoms with E-state index >= 15 is 0 Å². The number of aliphatic hydroxyl groups is 1. The van der Waals surface area contributed by atoms with E-state index < -0.39 is 17.7 Å². The maximum Gasteiger partial charge on any atom is 0.295 e. The number of likely N-dealkylation sites (tertiary alicyclic amines) is 1. The van der Waals surface area contributed by atoms with Crippen LogP contribution in [0.3, 0.4) is 0 Å². The molecule has 1 unspecified atom stereocenters. The zero-order valence-corrected chi connectivity index (χ0v) is 20.1. The van der Waals surface area contributed by atoms with Crippen LogP contribution in [0.5, 0.6) is 17.2 Å². The summed E-state index contributed by atoms with van der Waals surface area (Å²) < 4.78 is 17.1. The van der Waals surface area contributed by atoms with Gasteiger partial charge in [-0.15, -0.1) is 0 Å². The molecule has 0 aliphatic carbocycles. The number of hydrogen-bond donors (Lipinski definition) is 1. The number of fused-ring (bicyclic) bond motifs is 1. The molecule has 7 heteroatoms. The molecule has 2 aliphatic heterocycles.